The van der Waals surface area contributed by atoms with Crippen molar-refractivity contribution < 1.29 is 4.74 Å². The van der Waals surface area contributed by atoms with Gasteiger partial charge in [0.25, 0.3) is 0 Å². The van der Waals surface area contributed by atoms with E-state index >= 15 is 0 Å². The number of hydrogen-bond acceptors (Lipinski definition) is 2. The van der Waals surface area contributed by atoms with Gasteiger partial charge in [0, 0.05) is 16.6 Å². The molecule has 0 amide bonds. The first-order chi connectivity index (χ1) is 8.76. The fourth-order valence-electron chi connectivity index (χ4n) is 1.97. The Kier molecular flexibility index (Phi) is 4.39. The molecule has 0 saturated carbocycles. The van der Waals surface area contributed by atoms with E-state index in [2.05, 4.69) is 45.5 Å². The van der Waals surface area contributed by atoms with Crippen molar-refractivity contribution >= 4 is 15.9 Å². The second-order valence-corrected chi connectivity index (χ2v) is 4.89. The average molecular weight is 306 g/mol. The summed E-state index contributed by atoms with van der Waals surface area (Å²) in [6.45, 7) is 0.793. The molecule has 2 aromatic rings. The van der Waals surface area contributed by atoms with Crippen LogP contribution in [0.5, 0.6) is 5.75 Å². The van der Waals surface area contributed by atoms with Gasteiger partial charge in [0.15, 0.2) is 0 Å². The van der Waals surface area contributed by atoms with Crippen LogP contribution < -0.4 is 10.1 Å². The third-order valence-corrected chi connectivity index (χ3v) is 3.52. The van der Waals surface area contributed by atoms with Crippen molar-refractivity contribution in [1.82, 2.24) is 5.32 Å². The summed E-state index contributed by atoms with van der Waals surface area (Å²) in [6, 6.07) is 14.5. The number of rotatable bonds is 4. The Balaban J connectivity index is 2.47. The van der Waals surface area contributed by atoms with E-state index in [4.69, 9.17) is 4.74 Å². The smallest absolute Gasteiger partial charge is 0.123 e. The molecule has 0 radical (unpaired) electrons. The van der Waals surface area contributed by atoms with Crippen LogP contribution in [-0.4, -0.2) is 14.2 Å². The van der Waals surface area contributed by atoms with E-state index in [9.17, 15) is 0 Å². The average Bonchev–Trinajstić information content (AvgIpc) is 2.40. The fraction of sp³-hybridized carbons (Fsp3) is 0.200. The highest BCUT2D eigenvalue weighted by atomic mass is 79.9. The van der Waals surface area contributed by atoms with Crippen LogP contribution in [-0.2, 0) is 6.54 Å². The minimum atomic E-state index is 0.793. The van der Waals surface area contributed by atoms with E-state index in [1.807, 2.05) is 25.2 Å². The number of methoxy groups -OCH3 is 1. The van der Waals surface area contributed by atoms with Crippen LogP contribution in [0.2, 0.25) is 0 Å². The number of halogens is 1. The van der Waals surface area contributed by atoms with Crippen LogP contribution in [0.1, 0.15) is 5.56 Å². The van der Waals surface area contributed by atoms with Crippen LogP contribution in [0.25, 0.3) is 11.1 Å². The second kappa shape index (κ2) is 6.03. The maximum Gasteiger partial charge on any atom is 0.123 e. The number of hydrogen-bond donors (Lipinski definition) is 1. The highest BCUT2D eigenvalue weighted by Gasteiger charge is 2.07. The lowest BCUT2D eigenvalue weighted by atomic mass is 10.0. The molecule has 2 rings (SSSR count). The second-order valence-electron chi connectivity index (χ2n) is 4.04. The van der Waals surface area contributed by atoms with Gasteiger partial charge in [-0.2, -0.15) is 0 Å². The van der Waals surface area contributed by atoms with Gasteiger partial charge in [-0.1, -0.05) is 40.2 Å². The molecule has 0 aromatic heterocycles. The van der Waals surface area contributed by atoms with Crippen LogP contribution >= 0.6 is 15.9 Å². The molecule has 0 fully saturated rings. The van der Waals surface area contributed by atoms with Crippen LogP contribution in [0, 0.1) is 0 Å². The Labute approximate surface area is 116 Å². The molecule has 0 heterocycles. The Morgan fingerprint density at radius 2 is 1.94 bits per heavy atom. The van der Waals surface area contributed by atoms with Gasteiger partial charge in [-0.05, 0) is 36.4 Å². The van der Waals surface area contributed by atoms with E-state index in [-0.39, 0.29) is 0 Å². The van der Waals surface area contributed by atoms with E-state index in [1.165, 1.54) is 11.1 Å². The molecule has 0 aliphatic rings. The topological polar surface area (TPSA) is 21.3 Å². The van der Waals surface area contributed by atoms with Gasteiger partial charge in [0.1, 0.15) is 5.75 Å². The van der Waals surface area contributed by atoms with Crippen LogP contribution in [0.3, 0.4) is 0 Å². The highest BCUT2D eigenvalue weighted by Crippen LogP contribution is 2.31. The van der Waals surface area contributed by atoms with E-state index in [0.717, 1.165) is 22.3 Å². The SMILES string of the molecule is CNCc1cc(-c2ccccc2Br)ccc1OC. The maximum absolute atomic E-state index is 5.37. The molecule has 18 heavy (non-hydrogen) atoms. The molecule has 0 unspecified atom stereocenters. The van der Waals surface area contributed by atoms with Crippen molar-refractivity contribution in [2.45, 2.75) is 6.54 Å². The monoisotopic (exact) mass is 305 g/mol. The van der Waals surface area contributed by atoms with Gasteiger partial charge in [-0.25, -0.2) is 0 Å². The van der Waals surface area contributed by atoms with Gasteiger partial charge >= 0.3 is 0 Å². The van der Waals surface area contributed by atoms with Crippen LogP contribution in [0.15, 0.2) is 46.9 Å². The highest BCUT2D eigenvalue weighted by molar-refractivity contribution is 9.10. The molecule has 0 spiro atoms. The Bertz CT molecular complexity index is 540. The summed E-state index contributed by atoms with van der Waals surface area (Å²) in [4.78, 5) is 0. The molecule has 2 nitrogen and oxygen atoms in total. The lowest BCUT2D eigenvalue weighted by Gasteiger charge is -2.11. The summed E-state index contributed by atoms with van der Waals surface area (Å²) < 4.78 is 6.47. The predicted octanol–water partition coefficient (Wildman–Crippen LogP) is 3.84. The molecule has 0 aliphatic carbocycles. The van der Waals surface area contributed by atoms with Crippen molar-refractivity contribution in [2.24, 2.45) is 0 Å². The molecule has 2 aromatic carbocycles. The van der Waals surface area contributed by atoms with Gasteiger partial charge in [-0.15, -0.1) is 0 Å². The summed E-state index contributed by atoms with van der Waals surface area (Å²) in [5.41, 5.74) is 3.54. The molecular formula is C15H16BrNO. The summed E-state index contributed by atoms with van der Waals surface area (Å²) >= 11 is 3.59. The fourth-order valence-corrected chi connectivity index (χ4v) is 2.48. The third-order valence-electron chi connectivity index (χ3n) is 2.83. The van der Waals surface area contributed by atoms with Gasteiger partial charge in [0.2, 0.25) is 0 Å². The van der Waals surface area contributed by atoms with E-state index in [1.54, 1.807) is 7.11 Å². The summed E-state index contributed by atoms with van der Waals surface area (Å²) in [7, 11) is 3.64. The zero-order chi connectivity index (χ0) is 13.0. The van der Waals surface area contributed by atoms with Crippen molar-refractivity contribution in [2.75, 3.05) is 14.2 Å². The summed E-state index contributed by atoms with van der Waals surface area (Å²) in [5, 5.41) is 3.16. The molecule has 0 saturated heterocycles. The van der Waals surface area contributed by atoms with Crippen molar-refractivity contribution in [1.29, 1.82) is 0 Å². The minimum Gasteiger partial charge on any atom is -0.496 e. The quantitative estimate of drug-likeness (QED) is 0.926. The number of nitrogens with one attached hydrogen (secondary N) is 1. The summed E-state index contributed by atoms with van der Waals surface area (Å²) in [5.74, 6) is 0.917. The first-order valence-electron chi connectivity index (χ1n) is 5.82. The standard InChI is InChI=1S/C15H16BrNO/c1-17-10-12-9-11(7-8-15(12)18-2)13-5-3-4-6-14(13)16/h3-9,17H,10H2,1-2H3. The van der Waals surface area contributed by atoms with E-state index in [0.29, 0.717) is 0 Å². The van der Waals surface area contributed by atoms with Gasteiger partial charge in [0.05, 0.1) is 7.11 Å². The molecular weight excluding hydrogens is 290 g/mol. The first kappa shape index (κ1) is 13.1. The van der Waals surface area contributed by atoms with E-state index < -0.39 is 0 Å². The van der Waals surface area contributed by atoms with Crippen LogP contribution in [0.4, 0.5) is 0 Å². The maximum atomic E-state index is 5.37. The van der Waals surface area contributed by atoms with Crippen molar-refractivity contribution in [3.8, 4) is 16.9 Å². The van der Waals surface area contributed by atoms with Gasteiger partial charge in [-0.3, -0.25) is 0 Å². The lowest BCUT2D eigenvalue weighted by Crippen LogP contribution is -2.06. The zero-order valence-corrected chi connectivity index (χ0v) is 12.1. The molecule has 1 N–H and O–H groups in total. The Hall–Kier alpha value is -1.32. The number of benzene rings is 2. The predicted molar refractivity (Wildman–Crippen MR) is 78.9 cm³/mol. The van der Waals surface area contributed by atoms with Crippen molar-refractivity contribution in [3.05, 3.63) is 52.5 Å². The Morgan fingerprint density at radius 1 is 1.17 bits per heavy atom. The molecule has 0 atom stereocenters. The molecule has 3 heteroatoms. The normalized spacial score (nSPS) is 10.4. The first-order valence-corrected chi connectivity index (χ1v) is 6.62. The minimum absolute atomic E-state index is 0.793. The number of ether oxygens (including phenoxy) is 1. The van der Waals surface area contributed by atoms with Crippen molar-refractivity contribution in [3.63, 3.8) is 0 Å². The Morgan fingerprint density at radius 3 is 2.61 bits per heavy atom. The largest absolute Gasteiger partial charge is 0.496 e. The zero-order valence-electron chi connectivity index (χ0n) is 10.5. The lowest BCUT2D eigenvalue weighted by molar-refractivity contribution is 0.408. The van der Waals surface area contributed by atoms with Gasteiger partial charge < -0.3 is 10.1 Å². The summed E-state index contributed by atoms with van der Waals surface area (Å²) in [6.07, 6.45) is 0. The third kappa shape index (κ3) is 2.74. The molecule has 0 bridgehead atoms. The molecule has 94 valence electrons. The molecule has 0 aliphatic heterocycles.